The van der Waals surface area contributed by atoms with Crippen LogP contribution in [0, 0.1) is 6.92 Å². The highest BCUT2D eigenvalue weighted by molar-refractivity contribution is 5.83. The first-order chi connectivity index (χ1) is 11.1. The lowest BCUT2D eigenvalue weighted by Gasteiger charge is -2.12. The predicted molar refractivity (Wildman–Crippen MR) is 76.1 cm³/mol. The van der Waals surface area contributed by atoms with Gasteiger partial charge in [-0.15, -0.1) is 0 Å². The van der Waals surface area contributed by atoms with Gasteiger partial charge in [-0.25, -0.2) is 4.79 Å². The maximum atomic E-state index is 12.9. The van der Waals surface area contributed by atoms with Gasteiger partial charge in [-0.2, -0.15) is 18.2 Å². The van der Waals surface area contributed by atoms with E-state index in [1.807, 2.05) is 0 Å². The van der Waals surface area contributed by atoms with Gasteiger partial charge in [0.05, 0.1) is 22.3 Å². The first kappa shape index (κ1) is 15.6. The number of nitrogens with one attached hydrogen (secondary N) is 1. The molecule has 0 aliphatic carbocycles. The van der Waals surface area contributed by atoms with Gasteiger partial charge in [-0.05, 0) is 19.1 Å². The molecule has 0 saturated carbocycles. The summed E-state index contributed by atoms with van der Waals surface area (Å²) < 4.78 is 44.5. The number of nitrogen functional groups attached to an aromatic ring is 1. The van der Waals surface area contributed by atoms with Crippen molar-refractivity contribution in [1.82, 2.24) is 14.4 Å². The van der Waals surface area contributed by atoms with Gasteiger partial charge in [0.2, 0.25) is 11.5 Å². The number of nitrogens with zero attached hydrogens (tertiary/aromatic N) is 2. The van der Waals surface area contributed by atoms with Crippen molar-refractivity contribution in [2.75, 3.05) is 5.73 Å². The number of ether oxygens (including phenoxy) is 1. The van der Waals surface area contributed by atoms with Gasteiger partial charge in [0.1, 0.15) is 0 Å². The molecule has 4 N–H and O–H groups in total. The van der Waals surface area contributed by atoms with Gasteiger partial charge < -0.3 is 20.6 Å². The summed E-state index contributed by atoms with van der Waals surface area (Å²) in [6, 6.07) is 1.74. The van der Waals surface area contributed by atoms with E-state index in [0.29, 0.717) is 6.07 Å². The smallest absolute Gasteiger partial charge is 0.449 e. The quantitative estimate of drug-likeness (QED) is 0.460. The average molecular weight is 342 g/mol. The Kier molecular flexibility index (Phi) is 3.18. The first-order valence-corrected chi connectivity index (χ1v) is 6.42. The van der Waals surface area contributed by atoms with Crippen LogP contribution in [0.2, 0.25) is 0 Å². The first-order valence-electron chi connectivity index (χ1n) is 6.42. The fourth-order valence-electron chi connectivity index (χ4n) is 2.42. The van der Waals surface area contributed by atoms with Gasteiger partial charge in [0.25, 0.3) is 5.56 Å². The summed E-state index contributed by atoms with van der Waals surface area (Å²) in [4.78, 5) is 28.7. The third kappa shape index (κ3) is 2.30. The lowest BCUT2D eigenvalue weighted by atomic mass is 10.1. The molecule has 0 spiro atoms. The topological polar surface area (TPSA) is 123 Å². The standard InChI is InChI=1S/C13H9F3N4O4/c1-4-11(24-12(22)23)19-9-10(21)18-7-2-5(13(14,15)16)6(17)3-8(7)20(4)9/h2-3H,17H2,1H3,(H,18,21)(H,22,23). The number of aryl methyl sites for hydroxylation is 1. The number of carbonyl (C=O) groups is 1. The Hall–Kier alpha value is -3.24. The number of anilines is 1. The Bertz CT molecular complexity index is 1050. The number of H-pyrrole nitrogens is 1. The Morgan fingerprint density at radius 2 is 2.08 bits per heavy atom. The molecular formula is C13H9F3N4O4. The number of benzene rings is 1. The molecule has 0 atom stereocenters. The van der Waals surface area contributed by atoms with E-state index in [9.17, 15) is 22.8 Å². The van der Waals surface area contributed by atoms with Gasteiger partial charge in [0.15, 0.2) is 0 Å². The summed E-state index contributed by atoms with van der Waals surface area (Å²) in [6.45, 7) is 1.41. The second-order valence-corrected chi connectivity index (χ2v) is 4.94. The molecule has 11 heteroatoms. The van der Waals surface area contributed by atoms with E-state index < -0.39 is 29.1 Å². The molecule has 3 aromatic rings. The molecule has 0 saturated heterocycles. The predicted octanol–water partition coefficient (Wildman–Crippen LogP) is 2.14. The number of nitrogens with two attached hydrogens (primary N) is 1. The van der Waals surface area contributed by atoms with Crippen molar-refractivity contribution < 1.29 is 27.8 Å². The molecular weight excluding hydrogens is 333 g/mol. The fraction of sp³-hybridized carbons (Fsp3) is 0.154. The fourth-order valence-corrected chi connectivity index (χ4v) is 2.42. The minimum atomic E-state index is -4.69. The van der Waals surface area contributed by atoms with Crippen molar-refractivity contribution in [3.63, 3.8) is 0 Å². The highest BCUT2D eigenvalue weighted by Crippen LogP contribution is 2.36. The number of aromatic amines is 1. The lowest BCUT2D eigenvalue weighted by Crippen LogP contribution is -2.14. The van der Waals surface area contributed by atoms with E-state index >= 15 is 0 Å². The number of rotatable bonds is 1. The number of imidazole rings is 1. The molecule has 24 heavy (non-hydrogen) atoms. The van der Waals surface area contributed by atoms with Crippen LogP contribution in [0.3, 0.4) is 0 Å². The van der Waals surface area contributed by atoms with Gasteiger partial charge in [-0.1, -0.05) is 0 Å². The summed E-state index contributed by atoms with van der Waals surface area (Å²) in [7, 11) is 0. The third-order valence-corrected chi connectivity index (χ3v) is 3.41. The molecule has 0 bridgehead atoms. The van der Waals surface area contributed by atoms with Crippen LogP contribution < -0.4 is 16.0 Å². The van der Waals surface area contributed by atoms with Crippen molar-refractivity contribution in [1.29, 1.82) is 0 Å². The normalized spacial score (nSPS) is 12.0. The number of alkyl halides is 3. The van der Waals surface area contributed by atoms with E-state index in [1.54, 1.807) is 0 Å². The summed E-state index contributed by atoms with van der Waals surface area (Å²) in [5.74, 6) is -0.348. The van der Waals surface area contributed by atoms with Gasteiger partial charge >= 0.3 is 12.3 Å². The number of fused-ring (bicyclic) bond motifs is 3. The number of hydrogen-bond acceptors (Lipinski definition) is 5. The SMILES string of the molecule is Cc1c(OC(=O)O)nc2c(=O)[nH]c3cc(C(F)(F)F)c(N)cc3n12. The van der Waals surface area contributed by atoms with Crippen LogP contribution in [-0.4, -0.2) is 25.6 Å². The van der Waals surface area contributed by atoms with E-state index in [4.69, 9.17) is 10.8 Å². The zero-order chi connectivity index (χ0) is 17.8. The molecule has 126 valence electrons. The highest BCUT2D eigenvalue weighted by Gasteiger charge is 2.33. The molecule has 8 nitrogen and oxygen atoms in total. The summed E-state index contributed by atoms with van der Waals surface area (Å²) in [5, 5.41) is 8.67. The number of carboxylic acid groups (broad SMARTS) is 1. The van der Waals surface area contributed by atoms with Crippen molar-refractivity contribution in [2.24, 2.45) is 0 Å². The van der Waals surface area contributed by atoms with E-state index in [2.05, 4.69) is 14.7 Å². The van der Waals surface area contributed by atoms with Gasteiger partial charge in [-0.3, -0.25) is 9.20 Å². The molecule has 2 heterocycles. The Morgan fingerprint density at radius 3 is 2.67 bits per heavy atom. The van der Waals surface area contributed by atoms with E-state index in [1.165, 1.54) is 11.3 Å². The molecule has 0 unspecified atom stereocenters. The largest absolute Gasteiger partial charge is 0.512 e. The zero-order valence-corrected chi connectivity index (χ0v) is 11.9. The Balaban J connectivity index is 2.42. The van der Waals surface area contributed by atoms with Gasteiger partial charge in [0, 0.05) is 5.69 Å². The Labute approximate surface area is 130 Å². The third-order valence-electron chi connectivity index (χ3n) is 3.41. The molecule has 2 aromatic heterocycles. The summed E-state index contributed by atoms with van der Waals surface area (Å²) in [5.41, 5.74) is 2.93. The lowest BCUT2D eigenvalue weighted by molar-refractivity contribution is -0.136. The molecule has 0 fully saturated rings. The second kappa shape index (κ2) is 4.88. The summed E-state index contributed by atoms with van der Waals surface area (Å²) >= 11 is 0. The van der Waals surface area contributed by atoms with Crippen LogP contribution in [0.25, 0.3) is 16.7 Å². The van der Waals surface area contributed by atoms with Crippen molar-refractivity contribution >= 4 is 28.5 Å². The molecule has 0 aliphatic rings. The minimum Gasteiger partial charge on any atom is -0.449 e. The van der Waals surface area contributed by atoms with Crippen LogP contribution >= 0.6 is 0 Å². The molecule has 0 aliphatic heterocycles. The monoisotopic (exact) mass is 342 g/mol. The molecule has 0 radical (unpaired) electrons. The van der Waals surface area contributed by atoms with Crippen LogP contribution in [0.4, 0.5) is 23.7 Å². The Morgan fingerprint density at radius 1 is 1.42 bits per heavy atom. The van der Waals surface area contributed by atoms with E-state index in [0.717, 1.165) is 6.07 Å². The highest BCUT2D eigenvalue weighted by atomic mass is 19.4. The van der Waals surface area contributed by atoms with Crippen LogP contribution in [0.1, 0.15) is 11.3 Å². The van der Waals surface area contributed by atoms with Crippen LogP contribution in [0.5, 0.6) is 5.88 Å². The average Bonchev–Trinajstić information content (AvgIpc) is 2.76. The zero-order valence-electron chi connectivity index (χ0n) is 11.9. The number of aromatic nitrogens is 3. The maximum absolute atomic E-state index is 12.9. The maximum Gasteiger partial charge on any atom is 0.512 e. The molecule has 3 rings (SSSR count). The number of hydrogen-bond donors (Lipinski definition) is 3. The van der Waals surface area contributed by atoms with E-state index in [-0.39, 0.29) is 28.3 Å². The molecule has 1 aromatic carbocycles. The summed E-state index contributed by atoms with van der Waals surface area (Å²) in [6.07, 6.45) is -6.33. The van der Waals surface area contributed by atoms with Crippen LogP contribution in [-0.2, 0) is 6.18 Å². The number of halogens is 3. The van der Waals surface area contributed by atoms with Crippen molar-refractivity contribution in [3.8, 4) is 5.88 Å². The molecule has 0 amide bonds. The van der Waals surface area contributed by atoms with Crippen LogP contribution in [0.15, 0.2) is 16.9 Å². The second-order valence-electron chi connectivity index (χ2n) is 4.94. The van der Waals surface area contributed by atoms with Crippen molar-refractivity contribution in [3.05, 3.63) is 33.7 Å². The minimum absolute atomic E-state index is 0.125. The van der Waals surface area contributed by atoms with Crippen molar-refractivity contribution in [2.45, 2.75) is 13.1 Å².